The maximum atomic E-state index is 11.5. The molecule has 0 bridgehead atoms. The van der Waals surface area contributed by atoms with E-state index in [1.54, 1.807) is 0 Å². The van der Waals surface area contributed by atoms with E-state index in [9.17, 15) is 4.79 Å². The van der Waals surface area contributed by atoms with Crippen molar-refractivity contribution in [1.82, 2.24) is 10.2 Å². The van der Waals surface area contributed by atoms with Crippen molar-refractivity contribution < 1.29 is 9.53 Å². The number of amides is 2. The average Bonchev–Trinajstić information content (AvgIpc) is 2.49. The SMILES string of the molecule is CC1(C)CC(N2CCNC2=O)CCO1. The van der Waals surface area contributed by atoms with Gasteiger partial charge in [-0.15, -0.1) is 0 Å². The van der Waals surface area contributed by atoms with E-state index in [4.69, 9.17) is 4.74 Å². The normalized spacial score (nSPS) is 31.7. The summed E-state index contributed by atoms with van der Waals surface area (Å²) in [6.45, 7) is 6.58. The highest BCUT2D eigenvalue weighted by Crippen LogP contribution is 2.27. The summed E-state index contributed by atoms with van der Waals surface area (Å²) in [4.78, 5) is 13.4. The van der Waals surface area contributed by atoms with E-state index in [-0.39, 0.29) is 11.6 Å². The summed E-state index contributed by atoms with van der Waals surface area (Å²) in [5.41, 5.74) is -0.0776. The summed E-state index contributed by atoms with van der Waals surface area (Å²) >= 11 is 0. The lowest BCUT2D eigenvalue weighted by atomic mass is 9.93. The van der Waals surface area contributed by atoms with Crippen LogP contribution in [0.2, 0.25) is 0 Å². The lowest BCUT2D eigenvalue weighted by Gasteiger charge is -2.39. The van der Waals surface area contributed by atoms with Gasteiger partial charge in [0, 0.05) is 25.7 Å². The van der Waals surface area contributed by atoms with Gasteiger partial charge in [0.05, 0.1) is 5.60 Å². The molecule has 0 aliphatic carbocycles. The Bertz CT molecular complexity index is 240. The molecule has 0 saturated carbocycles. The molecule has 4 heteroatoms. The number of carbonyl (C=O) groups is 1. The molecule has 2 aliphatic heterocycles. The van der Waals surface area contributed by atoms with Crippen LogP contribution in [0.4, 0.5) is 4.79 Å². The third-order valence-electron chi connectivity index (χ3n) is 3.00. The molecule has 4 nitrogen and oxygen atoms in total. The second kappa shape index (κ2) is 3.42. The molecule has 1 unspecified atom stereocenters. The molecule has 14 heavy (non-hydrogen) atoms. The van der Waals surface area contributed by atoms with E-state index in [0.717, 1.165) is 32.5 Å². The zero-order valence-electron chi connectivity index (χ0n) is 8.88. The largest absolute Gasteiger partial charge is 0.375 e. The molecular formula is C10H18N2O2. The first-order valence-corrected chi connectivity index (χ1v) is 5.27. The van der Waals surface area contributed by atoms with Crippen molar-refractivity contribution in [1.29, 1.82) is 0 Å². The molecule has 0 aromatic carbocycles. The molecular weight excluding hydrogens is 180 g/mol. The minimum absolute atomic E-state index is 0.0776. The molecule has 0 radical (unpaired) electrons. The number of hydrogen-bond donors (Lipinski definition) is 1. The van der Waals surface area contributed by atoms with E-state index in [0.29, 0.717) is 6.04 Å². The lowest BCUT2D eigenvalue weighted by molar-refractivity contribution is -0.0750. The van der Waals surface area contributed by atoms with Gasteiger partial charge < -0.3 is 15.0 Å². The van der Waals surface area contributed by atoms with Crippen LogP contribution in [0.5, 0.6) is 0 Å². The Morgan fingerprint density at radius 2 is 2.36 bits per heavy atom. The van der Waals surface area contributed by atoms with Crippen molar-refractivity contribution in [3.63, 3.8) is 0 Å². The molecule has 2 amide bonds. The van der Waals surface area contributed by atoms with Gasteiger partial charge in [-0.25, -0.2) is 4.79 Å². The molecule has 2 saturated heterocycles. The molecule has 2 fully saturated rings. The fraction of sp³-hybridized carbons (Fsp3) is 0.900. The summed E-state index contributed by atoms with van der Waals surface area (Å²) in [6.07, 6.45) is 1.91. The van der Waals surface area contributed by atoms with Crippen molar-refractivity contribution >= 4 is 6.03 Å². The van der Waals surface area contributed by atoms with Gasteiger partial charge >= 0.3 is 6.03 Å². The van der Waals surface area contributed by atoms with Crippen LogP contribution in [0, 0.1) is 0 Å². The van der Waals surface area contributed by atoms with Crippen molar-refractivity contribution in [3.05, 3.63) is 0 Å². The number of hydrogen-bond acceptors (Lipinski definition) is 2. The van der Waals surface area contributed by atoms with Crippen molar-refractivity contribution in [3.8, 4) is 0 Å². The number of rotatable bonds is 1. The summed E-state index contributed by atoms with van der Waals surface area (Å²) in [6, 6.07) is 0.453. The van der Waals surface area contributed by atoms with Crippen molar-refractivity contribution in [2.24, 2.45) is 0 Å². The Morgan fingerprint density at radius 1 is 1.57 bits per heavy atom. The molecule has 0 aromatic heterocycles. The van der Waals surface area contributed by atoms with Gasteiger partial charge in [-0.05, 0) is 26.7 Å². The molecule has 80 valence electrons. The van der Waals surface area contributed by atoms with E-state index in [2.05, 4.69) is 19.2 Å². The number of ether oxygens (including phenoxy) is 1. The molecule has 2 rings (SSSR count). The number of carbonyl (C=O) groups excluding carboxylic acids is 1. The van der Waals surface area contributed by atoms with E-state index in [1.165, 1.54) is 0 Å². The van der Waals surface area contributed by atoms with Crippen LogP contribution in [-0.2, 0) is 4.74 Å². The second-order valence-electron chi connectivity index (χ2n) is 4.68. The predicted molar refractivity (Wildman–Crippen MR) is 53.2 cm³/mol. The fourth-order valence-corrected chi connectivity index (χ4v) is 2.30. The molecule has 1 N–H and O–H groups in total. The van der Waals surface area contributed by atoms with Crippen LogP contribution in [0.3, 0.4) is 0 Å². The first-order chi connectivity index (χ1) is 6.58. The molecule has 0 aromatic rings. The summed E-state index contributed by atoms with van der Waals surface area (Å²) in [5.74, 6) is 0. The molecule has 2 aliphatic rings. The van der Waals surface area contributed by atoms with Crippen LogP contribution in [0.1, 0.15) is 26.7 Å². The predicted octanol–water partition coefficient (Wildman–Crippen LogP) is 0.969. The average molecular weight is 198 g/mol. The van der Waals surface area contributed by atoms with Crippen molar-refractivity contribution in [2.75, 3.05) is 19.7 Å². The Balaban J connectivity index is 2.00. The van der Waals surface area contributed by atoms with Crippen molar-refractivity contribution in [2.45, 2.75) is 38.3 Å². The van der Waals surface area contributed by atoms with Gasteiger partial charge in [0.25, 0.3) is 0 Å². The van der Waals surface area contributed by atoms with Gasteiger partial charge in [-0.3, -0.25) is 0 Å². The second-order valence-corrected chi connectivity index (χ2v) is 4.68. The molecule has 0 spiro atoms. The standard InChI is InChI=1S/C10H18N2O2/c1-10(2)7-8(3-6-14-10)12-5-4-11-9(12)13/h8H,3-7H2,1-2H3,(H,11,13). The van der Waals surface area contributed by atoms with E-state index in [1.807, 2.05) is 4.90 Å². The first-order valence-electron chi connectivity index (χ1n) is 5.27. The Labute approximate surface area is 84.6 Å². The Hall–Kier alpha value is -0.770. The van der Waals surface area contributed by atoms with Gasteiger partial charge in [0.15, 0.2) is 0 Å². The lowest BCUT2D eigenvalue weighted by Crippen LogP contribution is -2.47. The molecule has 1 atom stereocenters. The topological polar surface area (TPSA) is 41.6 Å². The zero-order valence-corrected chi connectivity index (χ0v) is 8.88. The monoisotopic (exact) mass is 198 g/mol. The summed E-state index contributed by atoms with van der Waals surface area (Å²) < 4.78 is 5.63. The van der Waals surface area contributed by atoms with Gasteiger partial charge in [-0.2, -0.15) is 0 Å². The van der Waals surface area contributed by atoms with Crippen LogP contribution >= 0.6 is 0 Å². The number of nitrogens with zero attached hydrogens (tertiary/aromatic N) is 1. The highest BCUT2D eigenvalue weighted by Gasteiger charge is 2.35. The van der Waals surface area contributed by atoms with E-state index >= 15 is 0 Å². The maximum Gasteiger partial charge on any atom is 0.317 e. The van der Waals surface area contributed by atoms with Crippen LogP contribution in [0.15, 0.2) is 0 Å². The third kappa shape index (κ3) is 1.85. The van der Waals surface area contributed by atoms with Crippen LogP contribution < -0.4 is 5.32 Å². The minimum Gasteiger partial charge on any atom is -0.375 e. The smallest absolute Gasteiger partial charge is 0.317 e. The fourth-order valence-electron chi connectivity index (χ4n) is 2.30. The summed E-state index contributed by atoms with van der Waals surface area (Å²) in [5, 5.41) is 2.84. The maximum absolute atomic E-state index is 11.5. The van der Waals surface area contributed by atoms with Gasteiger partial charge in [0.1, 0.15) is 0 Å². The minimum atomic E-state index is -0.0776. The number of nitrogens with one attached hydrogen (secondary N) is 1. The highest BCUT2D eigenvalue weighted by atomic mass is 16.5. The quantitative estimate of drug-likeness (QED) is 0.682. The van der Waals surface area contributed by atoms with Crippen LogP contribution in [-0.4, -0.2) is 42.3 Å². The third-order valence-corrected chi connectivity index (χ3v) is 3.00. The van der Waals surface area contributed by atoms with Gasteiger partial charge in [-0.1, -0.05) is 0 Å². The zero-order chi connectivity index (χ0) is 10.2. The highest BCUT2D eigenvalue weighted by molar-refractivity contribution is 5.76. The van der Waals surface area contributed by atoms with E-state index < -0.39 is 0 Å². The number of urea groups is 1. The molecule has 2 heterocycles. The first kappa shape index (κ1) is 9.77. The van der Waals surface area contributed by atoms with Crippen LogP contribution in [0.25, 0.3) is 0 Å². The summed E-state index contributed by atoms with van der Waals surface area (Å²) in [7, 11) is 0. The van der Waals surface area contributed by atoms with Gasteiger partial charge in [0.2, 0.25) is 0 Å². The Kier molecular flexibility index (Phi) is 2.39. The Morgan fingerprint density at radius 3 is 2.93 bits per heavy atom.